The highest BCUT2D eigenvalue weighted by Crippen LogP contribution is 2.41. The predicted molar refractivity (Wildman–Crippen MR) is 122 cm³/mol. The molecule has 1 aliphatic heterocycles. The first kappa shape index (κ1) is 20.7. The number of carbonyl (C=O) groups is 1. The lowest BCUT2D eigenvalue weighted by Crippen LogP contribution is -2.37. The Hall–Kier alpha value is -4.22. The van der Waals surface area contributed by atoms with Gasteiger partial charge in [0.2, 0.25) is 0 Å². The van der Waals surface area contributed by atoms with Crippen molar-refractivity contribution in [3.63, 3.8) is 0 Å². The number of thiophene rings is 1. The van der Waals surface area contributed by atoms with Gasteiger partial charge in [-0.05, 0) is 54.1 Å². The third-order valence-electron chi connectivity index (χ3n) is 5.12. The quantitative estimate of drug-likeness (QED) is 0.396. The molecule has 3 heterocycles. The van der Waals surface area contributed by atoms with Crippen LogP contribution in [0.15, 0.2) is 73.1 Å². The van der Waals surface area contributed by atoms with E-state index >= 15 is 0 Å². The van der Waals surface area contributed by atoms with Crippen LogP contribution in [0.1, 0.15) is 15.2 Å². The predicted octanol–water partition coefficient (Wildman–Crippen LogP) is 5.65. The number of nitrogens with zero attached hydrogens (tertiary/aromatic N) is 3. The largest absolute Gasteiger partial charge is 0.489 e. The summed E-state index contributed by atoms with van der Waals surface area (Å²) in [6.07, 6.45) is 3.30. The molecule has 0 unspecified atom stereocenters. The van der Waals surface area contributed by atoms with Gasteiger partial charge < -0.3 is 9.47 Å². The molecule has 0 N–H and O–H groups in total. The number of halogens is 1. The molecule has 2 aromatic carbocycles. The second-order valence-electron chi connectivity index (χ2n) is 7.20. The topological polar surface area (TPSA) is 75.5 Å². The minimum atomic E-state index is -0.343. The highest BCUT2D eigenvalue weighted by Gasteiger charge is 2.28. The Morgan fingerprint density at radius 3 is 2.64 bits per heavy atom. The first-order valence-corrected chi connectivity index (χ1v) is 10.9. The maximum absolute atomic E-state index is 13.3. The molecule has 0 atom stereocenters. The zero-order chi connectivity index (χ0) is 22.8. The number of rotatable bonds is 4. The Bertz CT molecular complexity index is 1360. The number of fused-ring (bicyclic) bond motifs is 1. The highest BCUT2D eigenvalue weighted by atomic mass is 32.1. The summed E-state index contributed by atoms with van der Waals surface area (Å²) in [7, 11) is 0. The zero-order valence-corrected chi connectivity index (χ0v) is 18.0. The van der Waals surface area contributed by atoms with Crippen molar-refractivity contribution in [2.45, 2.75) is 0 Å². The van der Waals surface area contributed by atoms with E-state index < -0.39 is 0 Å². The molecule has 33 heavy (non-hydrogen) atoms. The van der Waals surface area contributed by atoms with Crippen LogP contribution in [0.2, 0.25) is 0 Å². The standard InChI is InChI=1S/C25H16FN3O3S/c26-18-5-7-19(8-6-18)32-23-10-9-22(33-23)25(30)29-11-12-31-24-20(14-28-15-21(24)29)17-3-1-16(13-27)2-4-17/h1-10,14-15H,11-12H2. The smallest absolute Gasteiger partial charge is 0.268 e. The number of nitriles is 1. The first-order chi connectivity index (χ1) is 16.1. The Balaban J connectivity index is 1.41. The molecule has 2 aromatic heterocycles. The number of anilines is 1. The number of aromatic nitrogens is 1. The van der Waals surface area contributed by atoms with Crippen molar-refractivity contribution in [1.82, 2.24) is 4.98 Å². The van der Waals surface area contributed by atoms with E-state index in [9.17, 15) is 9.18 Å². The fourth-order valence-electron chi connectivity index (χ4n) is 3.52. The fraction of sp³-hybridized carbons (Fsp3) is 0.0800. The van der Waals surface area contributed by atoms with Crippen molar-refractivity contribution < 1.29 is 18.7 Å². The second-order valence-corrected chi connectivity index (χ2v) is 8.25. The van der Waals surface area contributed by atoms with Gasteiger partial charge in [-0.25, -0.2) is 4.39 Å². The molecule has 5 rings (SSSR count). The van der Waals surface area contributed by atoms with Gasteiger partial charge in [0.25, 0.3) is 5.91 Å². The summed E-state index contributed by atoms with van der Waals surface area (Å²) in [5, 5.41) is 9.57. The van der Waals surface area contributed by atoms with Gasteiger partial charge in [0.15, 0.2) is 10.8 Å². The first-order valence-electron chi connectivity index (χ1n) is 10.1. The molecule has 0 radical (unpaired) electrons. The van der Waals surface area contributed by atoms with E-state index in [0.717, 1.165) is 11.1 Å². The van der Waals surface area contributed by atoms with Crippen molar-refractivity contribution in [2.75, 3.05) is 18.1 Å². The Morgan fingerprint density at radius 2 is 1.88 bits per heavy atom. The van der Waals surface area contributed by atoms with Crippen LogP contribution in [0.4, 0.5) is 10.1 Å². The maximum Gasteiger partial charge on any atom is 0.268 e. The molecule has 6 nitrogen and oxygen atoms in total. The average Bonchev–Trinajstić information content (AvgIpc) is 3.33. The van der Waals surface area contributed by atoms with Gasteiger partial charge in [-0.1, -0.05) is 23.5 Å². The van der Waals surface area contributed by atoms with Crippen LogP contribution >= 0.6 is 11.3 Å². The average molecular weight is 457 g/mol. The van der Waals surface area contributed by atoms with Gasteiger partial charge in [0.1, 0.15) is 23.9 Å². The Morgan fingerprint density at radius 1 is 1.09 bits per heavy atom. The highest BCUT2D eigenvalue weighted by molar-refractivity contribution is 7.15. The monoisotopic (exact) mass is 457 g/mol. The fourth-order valence-corrected chi connectivity index (χ4v) is 4.35. The third-order valence-corrected chi connectivity index (χ3v) is 6.08. The molecule has 0 saturated heterocycles. The number of amides is 1. The number of benzene rings is 2. The van der Waals surface area contributed by atoms with Crippen LogP contribution in [-0.4, -0.2) is 24.0 Å². The van der Waals surface area contributed by atoms with Crippen molar-refractivity contribution in [2.24, 2.45) is 0 Å². The molecule has 0 bridgehead atoms. The molecule has 8 heteroatoms. The summed E-state index contributed by atoms with van der Waals surface area (Å²) in [6.45, 7) is 0.729. The minimum absolute atomic E-state index is 0.183. The van der Waals surface area contributed by atoms with Crippen LogP contribution in [0.3, 0.4) is 0 Å². The summed E-state index contributed by atoms with van der Waals surface area (Å²) < 4.78 is 24.8. The van der Waals surface area contributed by atoms with E-state index in [1.807, 2.05) is 12.1 Å². The molecule has 1 aliphatic rings. The number of carbonyl (C=O) groups excluding carboxylic acids is 1. The van der Waals surface area contributed by atoms with E-state index in [4.69, 9.17) is 14.7 Å². The lowest BCUT2D eigenvalue weighted by molar-refractivity contribution is 0.0980. The number of ether oxygens (including phenoxy) is 2. The molecule has 1 amide bonds. The molecule has 162 valence electrons. The number of hydrogen-bond donors (Lipinski definition) is 0. The van der Waals surface area contributed by atoms with Crippen LogP contribution in [0.25, 0.3) is 11.1 Å². The SMILES string of the molecule is N#Cc1ccc(-c2cncc3c2OCCN3C(=O)c2ccc(Oc3ccc(F)cc3)s2)cc1. The van der Waals surface area contributed by atoms with Gasteiger partial charge >= 0.3 is 0 Å². The van der Waals surface area contributed by atoms with Crippen molar-refractivity contribution in [3.05, 3.63) is 89.3 Å². The van der Waals surface area contributed by atoms with Crippen molar-refractivity contribution in [3.8, 4) is 33.8 Å². The summed E-state index contributed by atoms with van der Waals surface area (Å²) in [5.74, 6) is 0.542. The normalized spacial score (nSPS) is 12.4. The van der Waals surface area contributed by atoms with Gasteiger partial charge in [-0.15, -0.1) is 0 Å². The lowest BCUT2D eigenvalue weighted by atomic mass is 10.0. The minimum Gasteiger partial charge on any atom is -0.489 e. The number of pyridine rings is 1. The number of hydrogen-bond acceptors (Lipinski definition) is 6. The summed E-state index contributed by atoms with van der Waals surface area (Å²) in [5.41, 5.74) is 2.74. The van der Waals surface area contributed by atoms with E-state index in [1.165, 1.54) is 35.6 Å². The molecule has 0 aliphatic carbocycles. The Kier molecular flexibility index (Phi) is 5.47. The van der Waals surface area contributed by atoms with Gasteiger partial charge in [0, 0.05) is 11.8 Å². The van der Waals surface area contributed by atoms with E-state index in [2.05, 4.69) is 11.1 Å². The molecule has 4 aromatic rings. The molecular weight excluding hydrogens is 441 g/mol. The van der Waals surface area contributed by atoms with E-state index in [0.29, 0.717) is 45.8 Å². The third kappa shape index (κ3) is 4.14. The van der Waals surface area contributed by atoms with E-state index in [-0.39, 0.29) is 11.7 Å². The lowest BCUT2D eigenvalue weighted by Gasteiger charge is -2.30. The van der Waals surface area contributed by atoms with Crippen LogP contribution in [0.5, 0.6) is 16.6 Å². The zero-order valence-electron chi connectivity index (χ0n) is 17.2. The van der Waals surface area contributed by atoms with Crippen LogP contribution in [0, 0.1) is 17.1 Å². The van der Waals surface area contributed by atoms with E-state index in [1.54, 1.807) is 41.6 Å². The summed E-state index contributed by atoms with van der Waals surface area (Å²) >= 11 is 1.21. The molecular formula is C25H16FN3O3S. The van der Waals surface area contributed by atoms with Crippen LogP contribution in [-0.2, 0) is 0 Å². The molecule has 0 fully saturated rings. The van der Waals surface area contributed by atoms with Crippen molar-refractivity contribution in [1.29, 1.82) is 5.26 Å². The maximum atomic E-state index is 13.3. The van der Waals surface area contributed by atoms with Gasteiger partial charge in [0.05, 0.1) is 29.3 Å². The van der Waals surface area contributed by atoms with Gasteiger partial charge in [-0.3, -0.25) is 14.7 Å². The molecule has 0 saturated carbocycles. The second kappa shape index (κ2) is 8.73. The van der Waals surface area contributed by atoms with Crippen molar-refractivity contribution >= 4 is 22.9 Å². The van der Waals surface area contributed by atoms with Gasteiger partial charge in [-0.2, -0.15) is 5.26 Å². The molecule has 0 spiro atoms. The Labute approximate surface area is 193 Å². The van der Waals surface area contributed by atoms with Crippen LogP contribution < -0.4 is 14.4 Å². The summed E-state index contributed by atoms with van der Waals surface area (Å²) in [4.78, 5) is 19.8. The summed E-state index contributed by atoms with van der Waals surface area (Å²) in [6, 6.07) is 18.4.